The van der Waals surface area contributed by atoms with Crippen LogP contribution in [0.1, 0.15) is 46.6 Å². The fourth-order valence-corrected chi connectivity index (χ4v) is 5.27. The van der Waals surface area contributed by atoms with Crippen LogP contribution in [0.5, 0.6) is 5.75 Å². The minimum absolute atomic E-state index is 0.0159. The largest absolute Gasteiger partial charge is 0.506 e. The normalized spacial score (nSPS) is 14.5. The van der Waals surface area contributed by atoms with Crippen molar-refractivity contribution < 1.29 is 23.1 Å². The molecule has 1 aromatic heterocycles. The Morgan fingerprint density at radius 1 is 1.18 bits per heavy atom. The Morgan fingerprint density at radius 3 is 2.58 bits per heavy atom. The van der Waals surface area contributed by atoms with Crippen molar-refractivity contribution in [3.05, 3.63) is 58.4 Å². The van der Waals surface area contributed by atoms with Crippen molar-refractivity contribution in [1.82, 2.24) is 4.57 Å². The van der Waals surface area contributed by atoms with Gasteiger partial charge >= 0.3 is 5.97 Å². The van der Waals surface area contributed by atoms with Crippen molar-refractivity contribution in [3.63, 3.8) is 0 Å². The molecule has 202 valence electrons. The van der Waals surface area contributed by atoms with E-state index < -0.39 is 32.9 Å². The summed E-state index contributed by atoms with van der Waals surface area (Å²) >= 11 is 0. The van der Waals surface area contributed by atoms with Crippen LogP contribution in [0.25, 0.3) is 10.9 Å². The second-order valence-electron chi connectivity index (χ2n) is 10.6. The maximum atomic E-state index is 13.7. The molecule has 1 aliphatic rings. The molecule has 0 amide bonds. The van der Waals surface area contributed by atoms with Crippen molar-refractivity contribution >= 4 is 44.1 Å². The first kappa shape index (κ1) is 27.2. The van der Waals surface area contributed by atoms with E-state index in [9.17, 15) is 23.1 Å². The summed E-state index contributed by atoms with van der Waals surface area (Å²) in [6.07, 6.45) is 0.679. The summed E-state index contributed by atoms with van der Waals surface area (Å²) in [4.78, 5) is 25.8. The van der Waals surface area contributed by atoms with Gasteiger partial charge in [-0.1, -0.05) is 26.0 Å². The molecule has 0 spiro atoms. The van der Waals surface area contributed by atoms with Crippen molar-refractivity contribution in [2.75, 3.05) is 17.2 Å². The minimum atomic E-state index is -4.10. The third-order valence-electron chi connectivity index (χ3n) is 5.89. The van der Waals surface area contributed by atoms with Crippen molar-refractivity contribution in [2.24, 2.45) is 10.3 Å². The highest BCUT2D eigenvalue weighted by Gasteiger charge is 2.30. The summed E-state index contributed by atoms with van der Waals surface area (Å²) in [6.45, 7) is 9.63. The number of hydrogen-bond acceptors (Lipinski definition) is 8. The van der Waals surface area contributed by atoms with Crippen molar-refractivity contribution in [3.8, 4) is 5.75 Å². The topological polar surface area (TPSA) is 139 Å². The molecule has 0 fully saturated rings. The lowest BCUT2D eigenvalue weighted by molar-refractivity contribution is -0.152. The molecule has 0 aliphatic carbocycles. The van der Waals surface area contributed by atoms with Crippen LogP contribution >= 0.6 is 0 Å². The number of rotatable bonds is 7. The lowest BCUT2D eigenvalue weighted by Crippen LogP contribution is -2.33. The number of aryl methyl sites for hydroxylation is 1. The number of nitrogens with zero attached hydrogens (tertiary/aromatic N) is 2. The van der Waals surface area contributed by atoms with Crippen molar-refractivity contribution in [1.29, 1.82) is 0 Å². The molecule has 0 bridgehead atoms. The number of benzene rings is 2. The number of pyridine rings is 1. The highest BCUT2D eigenvalue weighted by atomic mass is 32.2. The molecule has 4 rings (SSSR count). The monoisotopic (exact) mass is 540 g/mol. The van der Waals surface area contributed by atoms with Crippen LogP contribution < -0.4 is 16.2 Å². The number of hydrogen-bond donors (Lipinski definition) is 3. The second-order valence-corrected chi connectivity index (χ2v) is 12.1. The number of sulfonamides is 1. The Bertz CT molecular complexity index is 1600. The molecule has 2 aromatic carbocycles. The summed E-state index contributed by atoms with van der Waals surface area (Å²) in [6, 6.07) is 11.2. The molecule has 2 heterocycles. The number of ether oxygens (including phenoxy) is 1. The van der Waals surface area contributed by atoms with E-state index in [-0.39, 0.29) is 28.5 Å². The van der Waals surface area contributed by atoms with Crippen molar-refractivity contribution in [2.45, 2.75) is 58.1 Å². The lowest BCUT2D eigenvalue weighted by atomic mass is 10.1. The first-order chi connectivity index (χ1) is 17.8. The van der Waals surface area contributed by atoms with Gasteiger partial charge in [-0.25, -0.2) is 0 Å². The first-order valence-electron chi connectivity index (χ1n) is 12.3. The van der Waals surface area contributed by atoms with Gasteiger partial charge < -0.3 is 25.0 Å². The van der Waals surface area contributed by atoms with Crippen LogP contribution in [-0.2, 0) is 26.1 Å². The molecule has 1 aliphatic heterocycles. The molecular formula is C27H32N4O6S. The van der Waals surface area contributed by atoms with E-state index in [0.29, 0.717) is 35.5 Å². The molecule has 10 nitrogen and oxygen atoms in total. The maximum Gasteiger partial charge on any atom is 0.325 e. The summed E-state index contributed by atoms with van der Waals surface area (Å²) in [7, 11) is -4.10. The lowest BCUT2D eigenvalue weighted by Gasteiger charge is -2.21. The molecule has 38 heavy (non-hydrogen) atoms. The van der Waals surface area contributed by atoms with Crippen LogP contribution in [0, 0.1) is 5.92 Å². The predicted octanol–water partition coefficient (Wildman–Crippen LogP) is 4.07. The van der Waals surface area contributed by atoms with E-state index in [1.807, 2.05) is 13.8 Å². The van der Waals surface area contributed by atoms with Gasteiger partial charge in [0, 0.05) is 17.6 Å². The molecule has 0 radical (unpaired) electrons. The average molecular weight is 541 g/mol. The first-order valence-corrected chi connectivity index (χ1v) is 13.8. The zero-order chi connectivity index (χ0) is 27.8. The zero-order valence-corrected chi connectivity index (χ0v) is 22.8. The Hall–Kier alpha value is -3.86. The van der Waals surface area contributed by atoms with Gasteiger partial charge in [0.2, 0.25) is 0 Å². The Labute approximate surface area is 221 Å². The van der Waals surface area contributed by atoms with Gasteiger partial charge in [0.25, 0.3) is 15.6 Å². The molecular weight excluding hydrogens is 508 g/mol. The standard InChI is InChI=1S/C27H32N4O6S/c1-16(2)12-13-31-20-11-10-17(28-15-22(32)37-27(3,4)5)14-18(20)24(33)23(26(31)34)25-29-19-8-6-7-9-21(19)38(35,36)30-25/h6-11,14,16,28,33H,12-13,15H2,1-5H3,(H,29,30). The minimum Gasteiger partial charge on any atom is -0.506 e. The smallest absolute Gasteiger partial charge is 0.325 e. The fourth-order valence-electron chi connectivity index (χ4n) is 4.15. The number of carbonyl (C=O) groups is 1. The predicted molar refractivity (Wildman–Crippen MR) is 147 cm³/mol. The van der Waals surface area contributed by atoms with E-state index in [0.717, 1.165) is 0 Å². The van der Waals surface area contributed by atoms with Gasteiger partial charge in [-0.05, 0) is 63.4 Å². The molecule has 0 saturated heterocycles. The third-order valence-corrected chi connectivity index (χ3v) is 7.23. The van der Waals surface area contributed by atoms with E-state index >= 15 is 0 Å². The molecule has 0 unspecified atom stereocenters. The van der Waals surface area contributed by atoms with Gasteiger partial charge in [-0.2, -0.15) is 8.42 Å². The van der Waals surface area contributed by atoms with Gasteiger partial charge in [0.15, 0.2) is 5.84 Å². The van der Waals surface area contributed by atoms with E-state index in [4.69, 9.17) is 4.74 Å². The van der Waals surface area contributed by atoms with Gasteiger partial charge in [0.05, 0.1) is 11.2 Å². The highest BCUT2D eigenvalue weighted by Crippen LogP contribution is 2.33. The number of esters is 1. The van der Waals surface area contributed by atoms with E-state index in [1.165, 1.54) is 10.6 Å². The quantitative estimate of drug-likeness (QED) is 0.381. The number of carbonyl (C=O) groups excluding carboxylic acids is 1. The summed E-state index contributed by atoms with van der Waals surface area (Å²) in [5.74, 6) is -0.818. The Balaban J connectivity index is 1.83. The number of anilines is 2. The van der Waals surface area contributed by atoms with Crippen LogP contribution in [-0.4, -0.2) is 42.0 Å². The van der Waals surface area contributed by atoms with E-state index in [2.05, 4.69) is 15.0 Å². The fraction of sp³-hybridized carbons (Fsp3) is 0.370. The molecule has 0 atom stereocenters. The SMILES string of the molecule is CC(C)CCn1c(=O)c(C2=NS(=O)(=O)c3ccccc3N2)c(O)c2cc(NCC(=O)OC(C)(C)C)ccc21. The number of fused-ring (bicyclic) bond motifs is 2. The average Bonchev–Trinajstić information content (AvgIpc) is 2.81. The number of aromatic hydroxyl groups is 1. The number of nitrogens with one attached hydrogen (secondary N) is 2. The zero-order valence-electron chi connectivity index (χ0n) is 22.0. The summed E-state index contributed by atoms with van der Waals surface area (Å²) in [5.41, 5.74) is -0.198. The Kier molecular flexibility index (Phi) is 7.24. The van der Waals surface area contributed by atoms with Crippen LogP contribution in [0.4, 0.5) is 11.4 Å². The molecule has 0 saturated carbocycles. The van der Waals surface area contributed by atoms with Gasteiger partial charge in [-0.15, -0.1) is 4.40 Å². The third kappa shape index (κ3) is 5.67. The van der Waals surface area contributed by atoms with Gasteiger partial charge in [-0.3, -0.25) is 9.59 Å². The van der Waals surface area contributed by atoms with Crippen LogP contribution in [0.3, 0.4) is 0 Å². The molecule has 3 N–H and O–H groups in total. The summed E-state index contributed by atoms with van der Waals surface area (Å²) in [5, 5.41) is 17.5. The molecule has 3 aromatic rings. The molecule has 11 heteroatoms. The number of para-hydroxylation sites is 1. The second kappa shape index (κ2) is 10.1. The Morgan fingerprint density at radius 2 is 1.89 bits per heavy atom. The number of aromatic nitrogens is 1. The summed E-state index contributed by atoms with van der Waals surface area (Å²) < 4.78 is 36.4. The highest BCUT2D eigenvalue weighted by molar-refractivity contribution is 7.90. The van der Waals surface area contributed by atoms with Gasteiger partial charge in [0.1, 0.15) is 28.4 Å². The van der Waals surface area contributed by atoms with Crippen LogP contribution in [0.15, 0.2) is 56.6 Å². The van der Waals surface area contributed by atoms with E-state index in [1.54, 1.807) is 57.2 Å². The maximum absolute atomic E-state index is 13.7. The van der Waals surface area contributed by atoms with Crippen LogP contribution in [0.2, 0.25) is 0 Å². The number of amidine groups is 1.